The van der Waals surface area contributed by atoms with Crippen molar-refractivity contribution in [2.45, 2.75) is 49.8 Å². The smallest absolute Gasteiger partial charge is 0.246 e. The van der Waals surface area contributed by atoms with Gasteiger partial charge in [-0.3, -0.25) is 33.7 Å². The van der Waals surface area contributed by atoms with Crippen LogP contribution >= 0.6 is 0 Å². The summed E-state index contributed by atoms with van der Waals surface area (Å²) in [6.45, 7) is -0.250. The highest BCUT2D eigenvalue weighted by molar-refractivity contribution is 6.32. The summed E-state index contributed by atoms with van der Waals surface area (Å²) in [4.78, 5) is 87.0. The van der Waals surface area contributed by atoms with Gasteiger partial charge in [0, 0.05) is 43.0 Å². The van der Waals surface area contributed by atoms with E-state index in [1.54, 1.807) is 39.2 Å². The van der Waals surface area contributed by atoms with Gasteiger partial charge in [-0.2, -0.15) is 0 Å². The van der Waals surface area contributed by atoms with E-state index in [0.29, 0.717) is 16.9 Å². The minimum Gasteiger partial charge on any atom is -0.377 e. The number of hydrogen-bond acceptors (Lipinski definition) is 10. The van der Waals surface area contributed by atoms with Crippen molar-refractivity contribution in [3.8, 4) is 0 Å². The van der Waals surface area contributed by atoms with E-state index in [0.717, 1.165) is 19.3 Å². The summed E-state index contributed by atoms with van der Waals surface area (Å²) >= 11 is 0. The van der Waals surface area contributed by atoms with E-state index in [4.69, 9.17) is 11.5 Å². The number of carbonyl (C=O) groups is 6. The summed E-state index contributed by atoms with van der Waals surface area (Å²) in [6, 6.07) is 2.32. The number of primary amides is 1. The number of ketones is 4. The number of hydrogen-bond donors (Lipinski definition) is 5. The molecule has 0 heterocycles. The number of anilines is 2. The highest BCUT2D eigenvalue weighted by Gasteiger charge is 2.69. The Morgan fingerprint density at radius 1 is 1.07 bits per heavy atom. The molecule has 4 unspecified atom stereocenters. The Balaban J connectivity index is 1.47. The first-order valence-corrected chi connectivity index (χ1v) is 14.7. The van der Waals surface area contributed by atoms with Gasteiger partial charge in [-0.1, -0.05) is 0 Å². The maximum atomic E-state index is 14.1. The normalized spacial score (nSPS) is 30.2. The molecule has 0 aliphatic heterocycles. The fraction of sp³-hybridized carbons (Fsp3) is 0.567. The number of benzene rings is 1. The van der Waals surface area contributed by atoms with Crippen LogP contribution < -0.4 is 27.0 Å². The van der Waals surface area contributed by atoms with Gasteiger partial charge in [-0.25, -0.2) is 4.99 Å². The quantitative estimate of drug-likeness (QED) is 0.138. The zero-order valence-corrected chi connectivity index (χ0v) is 25.3. The lowest BCUT2D eigenvalue weighted by molar-refractivity contribution is -0.181. The van der Waals surface area contributed by atoms with Gasteiger partial charge in [-0.05, 0) is 69.8 Å². The molecule has 1 aromatic carbocycles. The van der Waals surface area contributed by atoms with Crippen molar-refractivity contribution >= 4 is 52.3 Å². The molecule has 3 saturated carbocycles. The number of likely N-dealkylation sites (N-methyl/N-ethyl adjacent to an activating group) is 1. The predicted octanol–water partition coefficient (Wildman–Crippen LogP) is -1.38. The first kappa shape index (κ1) is 31.3. The molecule has 2 amide bonds. The van der Waals surface area contributed by atoms with E-state index in [-0.39, 0.29) is 37.0 Å². The Labute approximate surface area is 254 Å². The van der Waals surface area contributed by atoms with Crippen molar-refractivity contribution in [1.82, 2.24) is 10.2 Å². The first-order valence-electron chi connectivity index (χ1n) is 14.7. The van der Waals surface area contributed by atoms with Crippen LogP contribution in [0.3, 0.4) is 0 Å². The highest BCUT2D eigenvalue weighted by Crippen LogP contribution is 2.51. The molecule has 0 saturated heterocycles. The number of rotatable bonds is 7. The van der Waals surface area contributed by atoms with Crippen LogP contribution in [0.25, 0.3) is 0 Å². The molecule has 44 heavy (non-hydrogen) atoms. The third kappa shape index (κ3) is 5.05. The average Bonchev–Trinajstić information content (AvgIpc) is 2.91. The Kier molecular flexibility index (Phi) is 8.10. The van der Waals surface area contributed by atoms with Crippen LogP contribution in [0.2, 0.25) is 0 Å². The van der Waals surface area contributed by atoms with E-state index in [2.05, 4.69) is 15.6 Å². The molecule has 6 atom stereocenters. The van der Waals surface area contributed by atoms with Crippen molar-refractivity contribution < 1.29 is 33.9 Å². The maximum absolute atomic E-state index is 14.1. The third-order valence-corrected chi connectivity index (χ3v) is 9.52. The summed E-state index contributed by atoms with van der Waals surface area (Å²) in [7, 11) is 6.67. The lowest BCUT2D eigenvalue weighted by Gasteiger charge is -2.52. The van der Waals surface area contributed by atoms with Gasteiger partial charge < -0.3 is 32.1 Å². The van der Waals surface area contributed by atoms with E-state index < -0.39 is 70.3 Å². The first-order chi connectivity index (χ1) is 20.7. The number of guanidine groups is 1. The predicted molar refractivity (Wildman–Crippen MR) is 160 cm³/mol. The lowest BCUT2D eigenvalue weighted by atomic mass is 9.52. The molecular weight excluding hydrogens is 570 g/mol. The van der Waals surface area contributed by atoms with Gasteiger partial charge in [0.15, 0.2) is 40.6 Å². The van der Waals surface area contributed by atoms with Crippen molar-refractivity contribution in [3.63, 3.8) is 0 Å². The van der Waals surface area contributed by atoms with E-state index >= 15 is 0 Å². The number of fused-ring (bicyclic) bond motifs is 3. The van der Waals surface area contributed by atoms with E-state index in [1.165, 1.54) is 11.0 Å². The second kappa shape index (κ2) is 11.4. The highest BCUT2D eigenvalue weighted by atomic mass is 16.3. The number of Topliss-reactive ketones (excluding diaryl/α,β-unsaturated/α-hetero) is 4. The molecule has 0 bridgehead atoms. The summed E-state index contributed by atoms with van der Waals surface area (Å²) in [6.07, 6.45) is 3.38. The Bertz CT molecular complexity index is 1480. The summed E-state index contributed by atoms with van der Waals surface area (Å²) in [5, 5.41) is 17.5. The van der Waals surface area contributed by atoms with E-state index in [1.807, 2.05) is 0 Å². The van der Waals surface area contributed by atoms with E-state index in [9.17, 15) is 33.9 Å². The molecule has 4 aliphatic rings. The van der Waals surface area contributed by atoms with Crippen LogP contribution in [-0.2, 0) is 30.4 Å². The number of nitrogens with one attached hydrogen (secondary N) is 2. The van der Waals surface area contributed by atoms with Gasteiger partial charge in [0.05, 0.1) is 12.0 Å². The summed E-state index contributed by atoms with van der Waals surface area (Å²) < 4.78 is 0. The second-order valence-corrected chi connectivity index (χ2v) is 12.7. The minimum atomic E-state index is -2.74. The second-order valence-electron chi connectivity index (χ2n) is 12.7. The number of amides is 2. The van der Waals surface area contributed by atoms with Crippen LogP contribution in [0.4, 0.5) is 11.4 Å². The minimum absolute atomic E-state index is 0.0174. The molecule has 14 heteroatoms. The van der Waals surface area contributed by atoms with Gasteiger partial charge in [0.25, 0.3) is 0 Å². The van der Waals surface area contributed by atoms with Crippen LogP contribution in [0.15, 0.2) is 17.1 Å². The molecular formula is C30H39N7O7. The van der Waals surface area contributed by atoms with Crippen molar-refractivity contribution in [3.05, 3.63) is 23.3 Å². The van der Waals surface area contributed by atoms with Crippen LogP contribution in [0, 0.1) is 23.7 Å². The van der Waals surface area contributed by atoms with Gasteiger partial charge in [-0.15, -0.1) is 0 Å². The molecule has 4 aliphatic carbocycles. The molecule has 3 fully saturated rings. The number of carbonyl (C=O) groups excluding carboxylic acids is 6. The molecule has 236 valence electrons. The molecule has 7 N–H and O–H groups in total. The lowest BCUT2D eigenvalue weighted by Crippen LogP contribution is -2.74. The number of aliphatic hydroxyl groups is 1. The monoisotopic (exact) mass is 609 g/mol. The Morgan fingerprint density at radius 3 is 2.32 bits per heavy atom. The molecule has 5 rings (SSSR count). The number of aliphatic imine (C=N–C) groups is 1. The van der Waals surface area contributed by atoms with Crippen molar-refractivity contribution in [2.24, 2.45) is 40.1 Å². The van der Waals surface area contributed by atoms with Gasteiger partial charge >= 0.3 is 0 Å². The summed E-state index contributed by atoms with van der Waals surface area (Å²) in [5.41, 5.74) is 10.3. The standard InChI is InChI=1S/C30H39N7O7/c1-36(2)19-11-15(34-20(38)12-33-29(32)35-14-6-5-7-14)10-17-16(19)8-13-9-18-23(37(3)4)25(40)22(28(31)43)27(42)30(18,44)26(41)21(13)24(17)39/h10-11,13-14,18,21-23,44H,5-9,12H2,1-4H3,(H2,31,43)(H,34,38)(H3,32,33,35)/t13?,18?,21?,22?,23-,30-/m0/s1. The fourth-order valence-electron chi connectivity index (χ4n) is 7.22. The topological polar surface area (TPSA) is 218 Å². The maximum Gasteiger partial charge on any atom is 0.246 e. The zero-order valence-electron chi connectivity index (χ0n) is 25.3. The van der Waals surface area contributed by atoms with Gasteiger partial charge in [0.2, 0.25) is 11.8 Å². The van der Waals surface area contributed by atoms with Crippen LogP contribution in [0.5, 0.6) is 0 Å². The Morgan fingerprint density at radius 2 is 1.75 bits per heavy atom. The summed E-state index contributed by atoms with van der Waals surface area (Å²) in [5.74, 6) is -10.4. The number of nitrogens with two attached hydrogens (primary N) is 2. The fourth-order valence-corrected chi connectivity index (χ4v) is 7.22. The molecule has 1 aromatic rings. The largest absolute Gasteiger partial charge is 0.377 e. The van der Waals surface area contributed by atoms with Crippen LogP contribution in [-0.4, -0.2) is 103 Å². The average molecular weight is 610 g/mol. The Hall–Kier alpha value is -4.17. The molecule has 14 nitrogen and oxygen atoms in total. The molecule has 0 aromatic heterocycles. The third-order valence-electron chi connectivity index (χ3n) is 9.52. The van der Waals surface area contributed by atoms with Crippen LogP contribution in [0.1, 0.15) is 41.6 Å². The van der Waals surface area contributed by atoms with Crippen molar-refractivity contribution in [2.75, 3.05) is 45.0 Å². The number of nitrogens with zero attached hydrogens (tertiary/aromatic N) is 3. The molecule has 0 spiro atoms. The SMILES string of the molecule is CN(C)c1cc(NC(=O)CN=C(N)NC2CCC2)cc2c1CC1CC3[C@H](N(C)C)C(=O)C(C(N)=O)C(=O)[C@@]3(O)C(=O)C1C2=O. The zero-order chi connectivity index (χ0) is 32.2. The molecule has 0 radical (unpaired) electrons. The van der Waals surface area contributed by atoms with Gasteiger partial charge in [0.1, 0.15) is 6.54 Å². The van der Waals surface area contributed by atoms with Crippen molar-refractivity contribution in [1.29, 1.82) is 0 Å².